The monoisotopic (exact) mass is 392 g/mol. The van der Waals surface area contributed by atoms with Crippen molar-refractivity contribution in [3.8, 4) is 0 Å². The molecule has 0 aliphatic heterocycles. The van der Waals surface area contributed by atoms with Gasteiger partial charge >= 0.3 is 13.7 Å². The number of ether oxygens (including phenoxy) is 1. The van der Waals surface area contributed by atoms with Crippen LogP contribution in [0, 0.1) is 0 Å². The Morgan fingerprint density at radius 3 is 2.37 bits per heavy atom. The van der Waals surface area contributed by atoms with Crippen LogP contribution < -0.4 is 5.32 Å². The Morgan fingerprint density at radius 1 is 1.00 bits per heavy atom. The Hall–Kier alpha value is -1.88. The molecule has 147 valence electrons. The van der Waals surface area contributed by atoms with Crippen molar-refractivity contribution in [2.24, 2.45) is 0 Å². The minimum Gasteiger partial charge on any atom is -0.448 e. The average molecular weight is 392 g/mol. The van der Waals surface area contributed by atoms with E-state index in [1.165, 1.54) is 0 Å². The van der Waals surface area contributed by atoms with Gasteiger partial charge in [-0.1, -0.05) is 36.4 Å². The summed E-state index contributed by atoms with van der Waals surface area (Å²) in [6, 6.07) is 11.9. The molecule has 1 amide bonds. The predicted octanol–water partition coefficient (Wildman–Crippen LogP) is 4.91. The van der Waals surface area contributed by atoms with Crippen molar-refractivity contribution in [1.82, 2.24) is 5.32 Å². The largest absolute Gasteiger partial charge is 0.448 e. The van der Waals surface area contributed by atoms with Gasteiger partial charge in [-0.3, -0.25) is 4.57 Å². The van der Waals surface area contributed by atoms with Crippen LogP contribution in [-0.2, 0) is 31.3 Å². The number of hydrogen-bond acceptors (Lipinski definition) is 5. The molecule has 7 heteroatoms. The summed E-state index contributed by atoms with van der Waals surface area (Å²) in [5.41, 5.74) is 1.90. The van der Waals surface area contributed by atoms with Crippen molar-refractivity contribution in [2.45, 2.75) is 33.7 Å². The molecule has 1 radical (unpaired) electrons. The molecule has 0 saturated heterocycles. The minimum absolute atomic E-state index is 0.215. The molecule has 0 N–H and O–H groups in total. The number of nitrogens with zero attached hydrogens (tertiary/aromatic N) is 1. The quantitative estimate of drug-likeness (QED) is 0.537. The first-order valence-electron chi connectivity index (χ1n) is 9.24. The van der Waals surface area contributed by atoms with Crippen LogP contribution in [-0.4, -0.2) is 32.1 Å². The number of hydrogen-bond donors (Lipinski definition) is 0. The average Bonchev–Trinajstić information content (AvgIpc) is 2.65. The Morgan fingerprint density at radius 2 is 1.70 bits per heavy atom. The molecule has 0 aromatic heterocycles. The molecule has 6 nitrogen and oxygen atoms in total. The minimum atomic E-state index is -3.15. The first-order chi connectivity index (χ1) is 13.0. The molecule has 0 aliphatic carbocycles. The lowest BCUT2D eigenvalue weighted by molar-refractivity contribution is 0.150. The number of rotatable bonds is 10. The van der Waals surface area contributed by atoms with Gasteiger partial charge in [0.05, 0.1) is 32.5 Å². The summed E-state index contributed by atoms with van der Waals surface area (Å²) in [7, 11) is -3.15. The second-order valence-electron chi connectivity index (χ2n) is 5.86. The van der Waals surface area contributed by atoms with Crippen LogP contribution in [0.1, 0.15) is 31.9 Å². The third-order valence-corrected chi connectivity index (χ3v) is 6.15. The fourth-order valence-electron chi connectivity index (χ4n) is 2.95. The smallest absolute Gasteiger partial charge is 0.429 e. The maximum Gasteiger partial charge on any atom is 0.429 e. The highest BCUT2D eigenvalue weighted by atomic mass is 31.2. The standard InChI is InChI=1S/C20H27NO5P/c1-4-24-20(22)21-15-17-12-11-16-9-7-8-10-18(16)19(17)13-14-27(23,25-5-2)26-6-3/h7-12H,4-6,13-15H2,1-3H3. The van der Waals surface area contributed by atoms with Gasteiger partial charge in [0.2, 0.25) is 0 Å². The van der Waals surface area contributed by atoms with Crippen LogP contribution in [0.3, 0.4) is 0 Å². The van der Waals surface area contributed by atoms with Crippen molar-refractivity contribution in [3.63, 3.8) is 0 Å². The van der Waals surface area contributed by atoms with Gasteiger partial charge in [-0.2, -0.15) is 0 Å². The summed E-state index contributed by atoms with van der Waals surface area (Å²) in [4.78, 5) is 11.6. The second-order valence-corrected chi connectivity index (χ2v) is 8.05. The summed E-state index contributed by atoms with van der Waals surface area (Å²) in [5.74, 6) is 0. The second kappa shape index (κ2) is 10.5. The molecule has 0 saturated carbocycles. The topological polar surface area (TPSA) is 75.9 Å². The SMILES string of the molecule is CCOC(=O)[N]Cc1ccc2ccccc2c1CCP(=O)(OCC)OCC. The third kappa shape index (κ3) is 6.06. The first-order valence-corrected chi connectivity index (χ1v) is 11.0. The molecule has 0 atom stereocenters. The summed E-state index contributed by atoms with van der Waals surface area (Å²) in [6.07, 6.45) is 0.201. The lowest BCUT2D eigenvalue weighted by Gasteiger charge is -2.19. The van der Waals surface area contributed by atoms with E-state index in [2.05, 4.69) is 5.32 Å². The number of benzene rings is 2. The van der Waals surface area contributed by atoms with Crippen molar-refractivity contribution in [2.75, 3.05) is 26.0 Å². The molecule has 0 heterocycles. The molecule has 0 fully saturated rings. The summed E-state index contributed by atoms with van der Waals surface area (Å²) in [5, 5.41) is 6.10. The van der Waals surface area contributed by atoms with E-state index >= 15 is 0 Å². The first kappa shape index (κ1) is 21.4. The predicted molar refractivity (Wildman–Crippen MR) is 106 cm³/mol. The highest BCUT2D eigenvalue weighted by Crippen LogP contribution is 2.48. The lowest BCUT2D eigenvalue weighted by atomic mass is 9.97. The Labute approximate surface area is 160 Å². The molecule has 0 unspecified atom stereocenters. The van der Waals surface area contributed by atoms with Gasteiger partial charge in [0, 0.05) is 0 Å². The van der Waals surface area contributed by atoms with Gasteiger partial charge in [0.1, 0.15) is 0 Å². The van der Waals surface area contributed by atoms with Crippen LogP contribution in [0.5, 0.6) is 0 Å². The van der Waals surface area contributed by atoms with Gasteiger partial charge in [-0.05, 0) is 49.1 Å². The van der Waals surface area contributed by atoms with Crippen LogP contribution in [0.25, 0.3) is 10.8 Å². The van der Waals surface area contributed by atoms with E-state index < -0.39 is 13.7 Å². The highest BCUT2D eigenvalue weighted by molar-refractivity contribution is 7.53. The van der Waals surface area contributed by atoms with Gasteiger partial charge in [-0.25, -0.2) is 10.1 Å². The zero-order valence-electron chi connectivity index (χ0n) is 16.1. The molecule has 2 rings (SSSR count). The normalized spacial score (nSPS) is 11.5. The highest BCUT2D eigenvalue weighted by Gasteiger charge is 2.24. The van der Waals surface area contributed by atoms with E-state index in [9.17, 15) is 9.36 Å². The zero-order chi connectivity index (χ0) is 19.7. The molecule has 0 aliphatic rings. The van der Waals surface area contributed by atoms with Crippen LogP contribution in [0.4, 0.5) is 4.79 Å². The number of carbonyl (C=O) groups excluding carboxylic acids is 1. The zero-order valence-corrected chi connectivity index (χ0v) is 17.0. The van der Waals surface area contributed by atoms with Gasteiger partial charge < -0.3 is 13.8 Å². The van der Waals surface area contributed by atoms with E-state index in [1.807, 2.05) is 36.4 Å². The van der Waals surface area contributed by atoms with E-state index in [4.69, 9.17) is 13.8 Å². The van der Waals surface area contributed by atoms with E-state index in [0.29, 0.717) is 26.2 Å². The van der Waals surface area contributed by atoms with Crippen LogP contribution in [0.15, 0.2) is 36.4 Å². The molecule has 2 aromatic rings. The fraction of sp³-hybridized carbons (Fsp3) is 0.450. The number of aryl methyl sites for hydroxylation is 1. The molecule has 27 heavy (non-hydrogen) atoms. The molecular formula is C20H27NO5P. The maximum absolute atomic E-state index is 12.8. The number of fused-ring (bicyclic) bond motifs is 1. The van der Waals surface area contributed by atoms with Crippen LogP contribution in [0.2, 0.25) is 0 Å². The fourth-order valence-corrected chi connectivity index (χ4v) is 4.57. The summed E-state index contributed by atoms with van der Waals surface area (Å²) < 4.78 is 28.5. The maximum atomic E-state index is 12.8. The third-order valence-electron chi connectivity index (χ3n) is 4.07. The van der Waals surface area contributed by atoms with Crippen molar-refractivity contribution >= 4 is 24.5 Å². The van der Waals surface area contributed by atoms with Gasteiger partial charge in [-0.15, -0.1) is 0 Å². The van der Waals surface area contributed by atoms with Crippen molar-refractivity contribution < 1.29 is 23.1 Å². The van der Waals surface area contributed by atoms with Crippen molar-refractivity contribution in [3.05, 3.63) is 47.5 Å². The molecule has 0 bridgehead atoms. The summed E-state index contributed by atoms with van der Waals surface area (Å²) >= 11 is 0. The Bertz CT molecular complexity index is 798. The van der Waals surface area contributed by atoms with Gasteiger partial charge in [0.25, 0.3) is 0 Å². The van der Waals surface area contributed by atoms with E-state index in [1.54, 1.807) is 20.8 Å². The van der Waals surface area contributed by atoms with Crippen molar-refractivity contribution in [1.29, 1.82) is 0 Å². The molecular weight excluding hydrogens is 365 g/mol. The van der Waals surface area contributed by atoms with Crippen LogP contribution >= 0.6 is 7.60 Å². The number of carbonyl (C=O) groups is 1. The van der Waals surface area contributed by atoms with Gasteiger partial charge in [0.15, 0.2) is 0 Å². The van der Waals surface area contributed by atoms with E-state index in [0.717, 1.165) is 21.9 Å². The summed E-state index contributed by atoms with van der Waals surface area (Å²) in [6.45, 7) is 6.51. The molecule has 2 aromatic carbocycles. The Balaban J connectivity index is 2.29. The van der Waals surface area contributed by atoms with E-state index in [-0.39, 0.29) is 12.7 Å². The molecule has 0 spiro atoms. The Kier molecular flexibility index (Phi) is 8.29. The lowest BCUT2D eigenvalue weighted by Crippen LogP contribution is -2.17. The number of amides is 1.